The number of nitrogens with two attached hydrogens (primary N) is 1. The molecule has 11 heavy (non-hydrogen) atoms. The summed E-state index contributed by atoms with van der Waals surface area (Å²) in [6, 6.07) is 0.0254. The molecule has 0 aromatic heterocycles. The van der Waals surface area contributed by atoms with Crippen LogP contribution >= 0.6 is 0 Å². The minimum atomic E-state index is -0.802. The Morgan fingerprint density at radius 1 is 1.64 bits per heavy atom. The van der Waals surface area contributed by atoms with Crippen LogP contribution in [0.3, 0.4) is 0 Å². The molecular weight excluding hydrogens is 162 g/mol. The van der Waals surface area contributed by atoms with Crippen molar-refractivity contribution in [3.05, 3.63) is 0 Å². The molecule has 3 nitrogen and oxygen atoms in total. The van der Waals surface area contributed by atoms with Gasteiger partial charge in [-0.1, -0.05) is 0 Å². The lowest BCUT2D eigenvalue weighted by molar-refractivity contribution is 0.164. The fourth-order valence-electron chi connectivity index (χ4n) is 0.673. The van der Waals surface area contributed by atoms with Crippen LogP contribution in [0.5, 0.6) is 0 Å². The first-order valence-electron chi connectivity index (χ1n) is 3.85. The SMILES string of the molecule is CCOCCS(=O)CC(C)N. The van der Waals surface area contributed by atoms with E-state index in [0.29, 0.717) is 24.7 Å². The van der Waals surface area contributed by atoms with Gasteiger partial charge in [0.15, 0.2) is 0 Å². The first kappa shape index (κ1) is 11.1. The van der Waals surface area contributed by atoms with E-state index in [1.807, 2.05) is 13.8 Å². The summed E-state index contributed by atoms with van der Waals surface area (Å²) in [5.74, 6) is 1.18. The molecule has 68 valence electrons. The Morgan fingerprint density at radius 3 is 2.73 bits per heavy atom. The average molecular weight is 179 g/mol. The van der Waals surface area contributed by atoms with Crippen LogP contribution < -0.4 is 5.73 Å². The highest BCUT2D eigenvalue weighted by Crippen LogP contribution is 1.87. The molecule has 2 atom stereocenters. The molecule has 0 spiro atoms. The second kappa shape index (κ2) is 6.76. The molecule has 0 rings (SSSR count). The minimum absolute atomic E-state index is 0.0254. The third-order valence-electron chi connectivity index (χ3n) is 1.11. The van der Waals surface area contributed by atoms with Crippen LogP contribution in [-0.4, -0.2) is 35.0 Å². The largest absolute Gasteiger partial charge is 0.381 e. The van der Waals surface area contributed by atoms with E-state index in [0.717, 1.165) is 0 Å². The van der Waals surface area contributed by atoms with Gasteiger partial charge in [0.05, 0.1) is 6.61 Å². The molecule has 0 aromatic carbocycles. The van der Waals surface area contributed by atoms with Crippen LogP contribution in [0, 0.1) is 0 Å². The number of ether oxygens (including phenoxy) is 1. The van der Waals surface area contributed by atoms with E-state index in [-0.39, 0.29) is 6.04 Å². The summed E-state index contributed by atoms with van der Waals surface area (Å²) in [6.45, 7) is 5.05. The molecule has 2 unspecified atom stereocenters. The van der Waals surface area contributed by atoms with E-state index in [1.54, 1.807) is 0 Å². The Balaban J connectivity index is 3.23. The van der Waals surface area contributed by atoms with Crippen molar-refractivity contribution >= 4 is 10.8 Å². The zero-order valence-corrected chi connectivity index (χ0v) is 8.02. The van der Waals surface area contributed by atoms with Crippen molar-refractivity contribution < 1.29 is 8.95 Å². The molecule has 2 N–H and O–H groups in total. The minimum Gasteiger partial charge on any atom is -0.381 e. The molecule has 0 saturated carbocycles. The van der Waals surface area contributed by atoms with E-state index in [9.17, 15) is 4.21 Å². The summed E-state index contributed by atoms with van der Waals surface area (Å²) >= 11 is 0. The van der Waals surface area contributed by atoms with Crippen molar-refractivity contribution in [3.63, 3.8) is 0 Å². The van der Waals surface area contributed by atoms with Gasteiger partial charge in [-0.2, -0.15) is 0 Å². The third kappa shape index (κ3) is 7.97. The summed E-state index contributed by atoms with van der Waals surface area (Å²) in [7, 11) is -0.802. The highest BCUT2D eigenvalue weighted by molar-refractivity contribution is 7.85. The first-order valence-corrected chi connectivity index (χ1v) is 5.34. The van der Waals surface area contributed by atoms with Crippen molar-refractivity contribution in [2.75, 3.05) is 24.7 Å². The Kier molecular flexibility index (Phi) is 6.80. The molecule has 0 aliphatic heterocycles. The van der Waals surface area contributed by atoms with Crippen LogP contribution in [0.25, 0.3) is 0 Å². The fourth-order valence-corrected chi connectivity index (χ4v) is 1.73. The zero-order valence-electron chi connectivity index (χ0n) is 7.21. The van der Waals surface area contributed by atoms with Crippen molar-refractivity contribution in [1.29, 1.82) is 0 Å². The lowest BCUT2D eigenvalue weighted by atomic mass is 10.4. The number of rotatable bonds is 6. The Morgan fingerprint density at radius 2 is 2.27 bits per heavy atom. The van der Waals surface area contributed by atoms with Gasteiger partial charge < -0.3 is 10.5 Å². The molecule has 0 aliphatic rings. The highest BCUT2D eigenvalue weighted by atomic mass is 32.2. The van der Waals surface area contributed by atoms with E-state index in [2.05, 4.69) is 0 Å². The second-order valence-electron chi connectivity index (χ2n) is 2.48. The van der Waals surface area contributed by atoms with Crippen molar-refractivity contribution in [3.8, 4) is 0 Å². The number of hydrogen-bond donors (Lipinski definition) is 1. The molecule has 0 aromatic rings. The maximum atomic E-state index is 11.1. The number of hydrogen-bond acceptors (Lipinski definition) is 3. The van der Waals surface area contributed by atoms with Gasteiger partial charge in [-0.15, -0.1) is 0 Å². The van der Waals surface area contributed by atoms with Crippen LogP contribution in [-0.2, 0) is 15.5 Å². The van der Waals surface area contributed by atoms with E-state index < -0.39 is 10.8 Å². The summed E-state index contributed by atoms with van der Waals surface area (Å²) in [5.41, 5.74) is 5.46. The van der Waals surface area contributed by atoms with Gasteiger partial charge in [0.1, 0.15) is 0 Å². The fraction of sp³-hybridized carbons (Fsp3) is 1.00. The van der Waals surface area contributed by atoms with Crippen LogP contribution in [0.4, 0.5) is 0 Å². The molecule has 0 fully saturated rings. The summed E-state index contributed by atoms with van der Waals surface area (Å²) in [6.07, 6.45) is 0. The summed E-state index contributed by atoms with van der Waals surface area (Å²) in [4.78, 5) is 0. The Bertz CT molecular complexity index is 117. The van der Waals surface area contributed by atoms with Crippen LogP contribution in [0.2, 0.25) is 0 Å². The quantitative estimate of drug-likeness (QED) is 0.589. The molecule has 0 aliphatic carbocycles. The predicted molar refractivity (Wildman–Crippen MR) is 48.0 cm³/mol. The normalized spacial score (nSPS) is 16.3. The molecule has 0 bridgehead atoms. The molecule has 0 heterocycles. The average Bonchev–Trinajstić information content (AvgIpc) is 1.86. The van der Waals surface area contributed by atoms with Gasteiger partial charge in [0.2, 0.25) is 0 Å². The van der Waals surface area contributed by atoms with Gasteiger partial charge in [0, 0.05) is 35.0 Å². The molecule has 4 heteroatoms. The highest BCUT2D eigenvalue weighted by Gasteiger charge is 2.02. The molecule has 0 amide bonds. The van der Waals surface area contributed by atoms with Gasteiger partial charge >= 0.3 is 0 Å². The van der Waals surface area contributed by atoms with Crippen LogP contribution in [0.1, 0.15) is 13.8 Å². The van der Waals surface area contributed by atoms with Crippen LogP contribution in [0.15, 0.2) is 0 Å². The second-order valence-corrected chi connectivity index (χ2v) is 4.11. The van der Waals surface area contributed by atoms with E-state index in [1.165, 1.54) is 0 Å². The maximum absolute atomic E-state index is 11.1. The van der Waals surface area contributed by atoms with Crippen molar-refractivity contribution in [1.82, 2.24) is 0 Å². The van der Waals surface area contributed by atoms with Gasteiger partial charge in [-0.05, 0) is 13.8 Å². The van der Waals surface area contributed by atoms with E-state index >= 15 is 0 Å². The summed E-state index contributed by atoms with van der Waals surface area (Å²) in [5, 5.41) is 0. The smallest absolute Gasteiger partial charge is 0.0581 e. The maximum Gasteiger partial charge on any atom is 0.0581 e. The van der Waals surface area contributed by atoms with Gasteiger partial charge in [-0.25, -0.2) is 0 Å². The lowest BCUT2D eigenvalue weighted by Gasteiger charge is -2.04. The van der Waals surface area contributed by atoms with Gasteiger partial charge in [-0.3, -0.25) is 4.21 Å². The first-order chi connectivity index (χ1) is 5.16. The Labute approximate surface area is 70.8 Å². The summed E-state index contributed by atoms with van der Waals surface area (Å²) < 4.78 is 16.1. The molecular formula is C7H17NO2S. The van der Waals surface area contributed by atoms with Crippen molar-refractivity contribution in [2.45, 2.75) is 19.9 Å². The standard InChI is InChI=1S/C7H17NO2S/c1-3-10-4-5-11(9)6-7(2)8/h7H,3-6,8H2,1-2H3. The molecule has 0 radical (unpaired) electrons. The lowest BCUT2D eigenvalue weighted by Crippen LogP contribution is -2.25. The third-order valence-corrected chi connectivity index (χ3v) is 2.63. The Hall–Kier alpha value is 0.0700. The topological polar surface area (TPSA) is 52.3 Å². The van der Waals surface area contributed by atoms with Crippen molar-refractivity contribution in [2.24, 2.45) is 5.73 Å². The van der Waals surface area contributed by atoms with E-state index in [4.69, 9.17) is 10.5 Å². The van der Waals surface area contributed by atoms with Gasteiger partial charge in [0.25, 0.3) is 0 Å². The predicted octanol–water partition coefficient (Wildman–Crippen LogP) is 0.119. The monoisotopic (exact) mass is 179 g/mol. The zero-order chi connectivity index (χ0) is 8.69. The molecule has 0 saturated heterocycles.